The van der Waals surface area contributed by atoms with Crippen LogP contribution in [0, 0.1) is 17.0 Å². The summed E-state index contributed by atoms with van der Waals surface area (Å²) in [4.78, 5) is 10.1. The molecule has 0 unspecified atom stereocenters. The number of hydrogen-bond acceptors (Lipinski definition) is 8. The van der Waals surface area contributed by atoms with Crippen molar-refractivity contribution >= 4 is 11.8 Å². The molecule has 0 aliphatic carbocycles. The van der Waals surface area contributed by atoms with Gasteiger partial charge in [0, 0.05) is 32.3 Å². The van der Waals surface area contributed by atoms with Crippen LogP contribution in [-0.4, -0.2) is 55.6 Å². The minimum atomic E-state index is -0.882. The molecule has 0 spiro atoms. The molecule has 0 saturated carbocycles. The molecule has 3 aromatic rings. The van der Waals surface area contributed by atoms with E-state index in [1.807, 2.05) is 49.3 Å². The summed E-state index contributed by atoms with van der Waals surface area (Å²) >= 11 is 0. The Bertz CT molecular complexity index is 1210. The first-order chi connectivity index (χ1) is 18.3. The Morgan fingerprint density at radius 1 is 1.00 bits per heavy atom. The van der Waals surface area contributed by atoms with Gasteiger partial charge in [-0.1, -0.05) is 30.3 Å². The smallest absolute Gasteiger partial charge is 0.228 e. The van der Waals surface area contributed by atoms with Crippen molar-refractivity contribution in [2.75, 3.05) is 40.2 Å². The SMILES string of the molecule is COc1cc(OC)c(F)c(COc2cnc(NC(=N)/C=C(/CCOCc3ccccc3)N(C)C)nc2)c1F. The Morgan fingerprint density at radius 2 is 1.63 bits per heavy atom. The molecule has 11 heteroatoms. The van der Waals surface area contributed by atoms with Crippen LogP contribution < -0.4 is 19.5 Å². The van der Waals surface area contributed by atoms with Crippen molar-refractivity contribution in [1.82, 2.24) is 14.9 Å². The van der Waals surface area contributed by atoms with E-state index < -0.39 is 18.2 Å². The highest BCUT2D eigenvalue weighted by molar-refractivity contribution is 6.00. The van der Waals surface area contributed by atoms with Gasteiger partial charge in [0.1, 0.15) is 12.4 Å². The van der Waals surface area contributed by atoms with Crippen molar-refractivity contribution in [2.45, 2.75) is 19.6 Å². The van der Waals surface area contributed by atoms with Crippen LogP contribution in [0.5, 0.6) is 17.2 Å². The van der Waals surface area contributed by atoms with Gasteiger partial charge in [0.05, 0.1) is 45.4 Å². The third-order valence-corrected chi connectivity index (χ3v) is 5.42. The van der Waals surface area contributed by atoms with Gasteiger partial charge in [-0.2, -0.15) is 0 Å². The van der Waals surface area contributed by atoms with Gasteiger partial charge in [0.15, 0.2) is 28.9 Å². The average Bonchev–Trinajstić information content (AvgIpc) is 2.92. The Labute approximate surface area is 220 Å². The Kier molecular flexibility index (Phi) is 10.4. The number of benzene rings is 2. The van der Waals surface area contributed by atoms with Crippen LogP contribution in [0.25, 0.3) is 0 Å². The van der Waals surface area contributed by atoms with E-state index in [0.717, 1.165) is 17.3 Å². The van der Waals surface area contributed by atoms with Crippen LogP contribution in [0.1, 0.15) is 17.5 Å². The van der Waals surface area contributed by atoms with Crippen molar-refractivity contribution in [2.24, 2.45) is 0 Å². The number of nitrogens with one attached hydrogen (secondary N) is 2. The molecular formula is C27H31F2N5O4. The predicted octanol–water partition coefficient (Wildman–Crippen LogP) is 4.79. The maximum atomic E-state index is 14.5. The maximum Gasteiger partial charge on any atom is 0.228 e. The van der Waals surface area contributed by atoms with Crippen molar-refractivity contribution in [3.63, 3.8) is 0 Å². The molecule has 202 valence electrons. The van der Waals surface area contributed by atoms with Gasteiger partial charge in [0.25, 0.3) is 0 Å². The highest BCUT2D eigenvalue weighted by Gasteiger charge is 2.20. The summed E-state index contributed by atoms with van der Waals surface area (Å²) in [5, 5.41) is 11.1. The number of aromatic nitrogens is 2. The number of rotatable bonds is 13. The van der Waals surface area contributed by atoms with E-state index in [1.165, 1.54) is 26.6 Å². The van der Waals surface area contributed by atoms with E-state index >= 15 is 0 Å². The molecule has 1 heterocycles. The number of halogens is 2. The monoisotopic (exact) mass is 527 g/mol. The third-order valence-electron chi connectivity index (χ3n) is 5.42. The summed E-state index contributed by atoms with van der Waals surface area (Å²) in [6.45, 7) is 0.581. The molecule has 0 bridgehead atoms. The minimum Gasteiger partial charge on any atom is -0.494 e. The zero-order valence-electron chi connectivity index (χ0n) is 21.8. The Morgan fingerprint density at radius 3 is 2.21 bits per heavy atom. The Balaban J connectivity index is 1.55. The van der Waals surface area contributed by atoms with E-state index in [4.69, 9.17) is 24.4 Å². The highest BCUT2D eigenvalue weighted by atomic mass is 19.1. The molecule has 9 nitrogen and oxygen atoms in total. The Hall–Kier alpha value is -4.25. The second kappa shape index (κ2) is 13.9. The predicted molar refractivity (Wildman–Crippen MR) is 140 cm³/mol. The molecular weight excluding hydrogens is 496 g/mol. The van der Waals surface area contributed by atoms with Crippen molar-refractivity contribution in [1.29, 1.82) is 5.41 Å². The molecule has 38 heavy (non-hydrogen) atoms. The average molecular weight is 528 g/mol. The molecule has 0 radical (unpaired) electrons. The molecule has 0 atom stereocenters. The van der Waals surface area contributed by atoms with Gasteiger partial charge < -0.3 is 29.2 Å². The van der Waals surface area contributed by atoms with E-state index in [0.29, 0.717) is 19.6 Å². The molecule has 0 aliphatic rings. The topological polar surface area (TPSA) is 102 Å². The van der Waals surface area contributed by atoms with Crippen molar-refractivity contribution in [3.8, 4) is 17.2 Å². The van der Waals surface area contributed by atoms with Crippen molar-refractivity contribution < 1.29 is 27.7 Å². The molecule has 0 fully saturated rings. The number of amidine groups is 1. The number of nitrogens with zero attached hydrogens (tertiary/aromatic N) is 3. The summed E-state index contributed by atoms with van der Waals surface area (Å²) in [6.07, 6.45) is 4.95. The molecule has 0 saturated heterocycles. The first-order valence-corrected chi connectivity index (χ1v) is 11.7. The number of ether oxygens (including phenoxy) is 4. The van der Waals surface area contributed by atoms with E-state index in [9.17, 15) is 8.78 Å². The summed E-state index contributed by atoms with van der Waals surface area (Å²) in [7, 11) is 6.33. The van der Waals surface area contributed by atoms with Gasteiger partial charge in [-0.15, -0.1) is 0 Å². The summed E-state index contributed by atoms with van der Waals surface area (Å²) in [6, 6.07) is 11.0. The largest absolute Gasteiger partial charge is 0.494 e. The molecule has 3 rings (SSSR count). The number of anilines is 1. The molecule has 2 N–H and O–H groups in total. The quantitative estimate of drug-likeness (QED) is 0.186. The number of hydrogen-bond donors (Lipinski definition) is 2. The maximum absolute atomic E-state index is 14.5. The van der Waals surface area contributed by atoms with Crippen LogP contribution in [0.4, 0.5) is 14.7 Å². The summed E-state index contributed by atoms with van der Waals surface area (Å²) < 4.78 is 50.1. The summed E-state index contributed by atoms with van der Waals surface area (Å²) in [5.41, 5.74) is 1.63. The normalized spacial score (nSPS) is 11.2. The summed E-state index contributed by atoms with van der Waals surface area (Å²) in [5.74, 6) is -1.66. The van der Waals surface area contributed by atoms with Crippen LogP contribution in [0.15, 0.2) is 60.6 Å². The lowest BCUT2D eigenvalue weighted by Crippen LogP contribution is -2.18. The second-order valence-electron chi connectivity index (χ2n) is 8.28. The molecule has 0 aliphatic heterocycles. The minimum absolute atomic E-state index is 0.0815. The lowest BCUT2D eigenvalue weighted by atomic mass is 10.1. The van der Waals surface area contributed by atoms with Crippen LogP contribution in [0.3, 0.4) is 0 Å². The third kappa shape index (κ3) is 7.87. The number of methoxy groups -OCH3 is 2. The first kappa shape index (κ1) is 28.3. The second-order valence-corrected chi connectivity index (χ2v) is 8.28. The zero-order chi connectivity index (χ0) is 27.5. The van der Waals surface area contributed by atoms with Gasteiger partial charge in [-0.05, 0) is 11.6 Å². The van der Waals surface area contributed by atoms with Gasteiger partial charge in [-0.25, -0.2) is 18.7 Å². The molecule has 2 aromatic carbocycles. The zero-order valence-corrected chi connectivity index (χ0v) is 21.8. The fourth-order valence-corrected chi connectivity index (χ4v) is 3.36. The lowest BCUT2D eigenvalue weighted by Gasteiger charge is -2.18. The molecule has 0 amide bonds. The fourth-order valence-electron chi connectivity index (χ4n) is 3.36. The van der Waals surface area contributed by atoms with Gasteiger partial charge in [0.2, 0.25) is 5.95 Å². The van der Waals surface area contributed by atoms with Crippen LogP contribution in [0.2, 0.25) is 0 Å². The fraction of sp³-hybridized carbons (Fsp3) is 0.296. The van der Waals surface area contributed by atoms with E-state index in [1.54, 1.807) is 6.08 Å². The molecule has 1 aromatic heterocycles. The van der Waals surface area contributed by atoms with Crippen LogP contribution >= 0.6 is 0 Å². The first-order valence-electron chi connectivity index (χ1n) is 11.7. The van der Waals surface area contributed by atoms with Gasteiger partial charge in [-0.3, -0.25) is 5.41 Å². The van der Waals surface area contributed by atoms with E-state index in [2.05, 4.69) is 15.3 Å². The van der Waals surface area contributed by atoms with Crippen molar-refractivity contribution in [3.05, 3.63) is 83.3 Å². The lowest BCUT2D eigenvalue weighted by molar-refractivity contribution is 0.120. The highest BCUT2D eigenvalue weighted by Crippen LogP contribution is 2.32. The standard InChI is InChI=1S/C27H31F2N5O4/c1-34(2)19(10-11-37-16-18-8-6-5-7-9-18)12-24(30)33-27-31-14-20(15-32-27)38-17-21-25(28)22(35-3)13-23(36-4)26(21)29/h5-9,12-15H,10-11,16-17H2,1-4H3,(H2,30,31,32,33)/b19-12-. The van der Waals surface area contributed by atoms with Crippen LogP contribution in [-0.2, 0) is 18.0 Å². The van der Waals surface area contributed by atoms with Gasteiger partial charge >= 0.3 is 0 Å². The van der Waals surface area contributed by atoms with E-state index in [-0.39, 0.29) is 34.6 Å².